The zero-order valence-corrected chi connectivity index (χ0v) is 17.1. The molecule has 150 valence electrons. The van der Waals surface area contributed by atoms with Crippen molar-refractivity contribution >= 4 is 28.9 Å². The van der Waals surface area contributed by atoms with Gasteiger partial charge < -0.3 is 14.5 Å². The quantitative estimate of drug-likeness (QED) is 0.622. The lowest BCUT2D eigenvalue weighted by atomic mass is 10.1. The Morgan fingerprint density at radius 1 is 1.17 bits per heavy atom. The van der Waals surface area contributed by atoms with Crippen LogP contribution in [-0.2, 0) is 22.6 Å². The average molecular weight is 412 g/mol. The largest absolute Gasteiger partial charge is 0.455 e. The molecule has 0 saturated heterocycles. The second kappa shape index (κ2) is 8.83. The summed E-state index contributed by atoms with van der Waals surface area (Å²) >= 11 is 1.32. The molecule has 0 spiro atoms. The third-order valence-electron chi connectivity index (χ3n) is 4.14. The molecule has 0 atom stereocenters. The minimum atomic E-state index is -0.588. The predicted octanol–water partition coefficient (Wildman–Crippen LogP) is 3.56. The number of rotatable bonds is 6. The van der Waals surface area contributed by atoms with Crippen LogP contribution in [0.5, 0.6) is 0 Å². The summed E-state index contributed by atoms with van der Waals surface area (Å²) in [6.45, 7) is 5.13. The average Bonchev–Trinajstić information content (AvgIpc) is 3.08. The number of esters is 1. The molecule has 3 aromatic rings. The van der Waals surface area contributed by atoms with Crippen molar-refractivity contribution in [2.75, 3.05) is 5.32 Å². The number of thiazole rings is 1. The molecule has 0 aliphatic carbocycles. The van der Waals surface area contributed by atoms with Gasteiger partial charge in [0.25, 0.3) is 0 Å². The first-order valence-electron chi connectivity index (χ1n) is 8.90. The molecule has 1 N–H and O–H groups in total. The van der Waals surface area contributed by atoms with Gasteiger partial charge in [0.15, 0.2) is 0 Å². The van der Waals surface area contributed by atoms with Gasteiger partial charge in [-0.25, -0.2) is 14.6 Å². The molecule has 1 aromatic carbocycles. The van der Waals surface area contributed by atoms with Gasteiger partial charge in [-0.15, -0.1) is 11.3 Å². The van der Waals surface area contributed by atoms with Crippen molar-refractivity contribution in [2.24, 2.45) is 0 Å². The maximum Gasteiger partial charge on any atom is 0.342 e. The monoisotopic (exact) mass is 412 g/mol. The van der Waals surface area contributed by atoms with Crippen molar-refractivity contribution in [1.29, 1.82) is 0 Å². The van der Waals surface area contributed by atoms with E-state index in [1.807, 2.05) is 31.2 Å². The Morgan fingerprint density at radius 2 is 1.90 bits per heavy atom. The van der Waals surface area contributed by atoms with Gasteiger partial charge in [0, 0.05) is 17.1 Å². The number of nitrogens with zero attached hydrogens (tertiary/aromatic N) is 1. The molecule has 8 heteroatoms. The zero-order valence-electron chi connectivity index (χ0n) is 16.3. The highest BCUT2D eigenvalue weighted by Crippen LogP contribution is 2.16. The molecule has 0 radical (unpaired) electrons. The van der Waals surface area contributed by atoms with Gasteiger partial charge in [-0.1, -0.05) is 17.7 Å². The van der Waals surface area contributed by atoms with E-state index in [2.05, 4.69) is 10.3 Å². The normalized spacial score (nSPS) is 10.6. The van der Waals surface area contributed by atoms with E-state index in [1.54, 1.807) is 19.2 Å². The fourth-order valence-corrected chi connectivity index (χ4v) is 3.53. The topological polar surface area (TPSA) is 98.5 Å². The number of hydrogen-bond acceptors (Lipinski definition) is 7. The van der Waals surface area contributed by atoms with E-state index in [0.29, 0.717) is 16.3 Å². The zero-order chi connectivity index (χ0) is 21.0. The van der Waals surface area contributed by atoms with E-state index in [-0.39, 0.29) is 30.3 Å². The minimum absolute atomic E-state index is 0.0348. The van der Waals surface area contributed by atoms with Crippen molar-refractivity contribution in [3.05, 3.63) is 79.3 Å². The van der Waals surface area contributed by atoms with Crippen LogP contribution in [0, 0.1) is 20.8 Å². The SMILES string of the molecule is Cc1ccc(NC(=O)Cc2nc(COC(=O)c3c(C)cc(=O)oc3C)cs2)cc1. The van der Waals surface area contributed by atoms with Crippen LogP contribution in [0.2, 0.25) is 0 Å². The number of aromatic nitrogens is 1. The maximum atomic E-state index is 12.3. The van der Waals surface area contributed by atoms with Gasteiger partial charge in [-0.3, -0.25) is 4.79 Å². The van der Waals surface area contributed by atoms with Crippen molar-refractivity contribution in [3.8, 4) is 0 Å². The Labute approximate surface area is 171 Å². The van der Waals surface area contributed by atoms with E-state index in [0.717, 1.165) is 11.3 Å². The summed E-state index contributed by atoms with van der Waals surface area (Å²) in [5.74, 6) is -0.542. The second-order valence-corrected chi connectivity index (χ2v) is 7.52. The molecule has 7 nitrogen and oxygen atoms in total. The number of carbonyl (C=O) groups is 2. The molecule has 1 amide bonds. The Hall–Kier alpha value is -3.26. The van der Waals surface area contributed by atoms with Gasteiger partial charge in [0.1, 0.15) is 22.9 Å². The summed E-state index contributed by atoms with van der Waals surface area (Å²) in [6, 6.07) is 8.78. The number of benzene rings is 1. The number of amides is 1. The summed E-state index contributed by atoms with van der Waals surface area (Å²) in [5.41, 5.74) is 2.61. The summed E-state index contributed by atoms with van der Waals surface area (Å²) < 4.78 is 10.2. The molecular weight excluding hydrogens is 392 g/mol. The van der Waals surface area contributed by atoms with Crippen molar-refractivity contribution < 1.29 is 18.7 Å². The highest BCUT2D eigenvalue weighted by Gasteiger charge is 2.17. The Kier molecular flexibility index (Phi) is 6.23. The molecule has 2 aromatic heterocycles. The van der Waals surface area contributed by atoms with E-state index < -0.39 is 11.6 Å². The molecule has 3 rings (SSSR count). The number of anilines is 1. The molecule has 0 saturated carbocycles. The Bertz CT molecular complexity index is 1070. The number of aryl methyl sites for hydroxylation is 3. The first-order valence-corrected chi connectivity index (χ1v) is 9.78. The van der Waals surface area contributed by atoms with Crippen LogP contribution < -0.4 is 10.9 Å². The highest BCUT2D eigenvalue weighted by molar-refractivity contribution is 7.09. The van der Waals surface area contributed by atoms with E-state index in [4.69, 9.17) is 9.15 Å². The molecule has 0 aliphatic rings. The number of carbonyl (C=O) groups excluding carboxylic acids is 2. The number of nitrogens with one attached hydrogen (secondary N) is 1. The van der Waals surface area contributed by atoms with Crippen LogP contribution in [0.3, 0.4) is 0 Å². The van der Waals surface area contributed by atoms with Crippen molar-refractivity contribution in [1.82, 2.24) is 4.98 Å². The molecular formula is C21H20N2O5S. The predicted molar refractivity (Wildman–Crippen MR) is 109 cm³/mol. The lowest BCUT2D eigenvalue weighted by Crippen LogP contribution is -2.14. The molecule has 29 heavy (non-hydrogen) atoms. The number of hydrogen-bond donors (Lipinski definition) is 1. The Balaban J connectivity index is 1.56. The van der Waals surface area contributed by atoms with Crippen LogP contribution in [0.4, 0.5) is 5.69 Å². The minimum Gasteiger partial charge on any atom is -0.455 e. The molecule has 2 heterocycles. The molecule has 0 unspecified atom stereocenters. The highest BCUT2D eigenvalue weighted by atomic mass is 32.1. The summed E-state index contributed by atoms with van der Waals surface area (Å²) in [5, 5.41) is 5.19. The first-order chi connectivity index (χ1) is 13.8. The van der Waals surface area contributed by atoms with Crippen molar-refractivity contribution in [2.45, 2.75) is 33.8 Å². The van der Waals surface area contributed by atoms with Gasteiger partial charge in [-0.2, -0.15) is 0 Å². The number of ether oxygens (including phenoxy) is 1. The lowest BCUT2D eigenvalue weighted by Gasteiger charge is -2.07. The summed E-state index contributed by atoms with van der Waals surface area (Å²) in [7, 11) is 0. The summed E-state index contributed by atoms with van der Waals surface area (Å²) in [4.78, 5) is 40.1. The lowest BCUT2D eigenvalue weighted by molar-refractivity contribution is -0.115. The van der Waals surface area contributed by atoms with Crippen LogP contribution in [0.1, 0.15) is 37.9 Å². The standard InChI is InChI=1S/C21H20N2O5S/c1-12-4-6-15(7-5-12)22-17(24)9-18-23-16(11-29-18)10-27-21(26)20-13(2)8-19(25)28-14(20)3/h4-8,11H,9-10H2,1-3H3,(H,22,24). The third kappa shape index (κ3) is 5.39. The van der Waals surface area contributed by atoms with Crippen LogP contribution in [-0.4, -0.2) is 16.9 Å². The second-order valence-electron chi connectivity index (χ2n) is 6.58. The molecule has 0 bridgehead atoms. The smallest absolute Gasteiger partial charge is 0.342 e. The Morgan fingerprint density at radius 3 is 2.59 bits per heavy atom. The van der Waals surface area contributed by atoms with Gasteiger partial charge in [0.05, 0.1) is 12.1 Å². The van der Waals surface area contributed by atoms with Crippen LogP contribution >= 0.6 is 11.3 Å². The van der Waals surface area contributed by atoms with Gasteiger partial charge in [-0.05, 0) is 38.5 Å². The maximum absolute atomic E-state index is 12.3. The third-order valence-corrected chi connectivity index (χ3v) is 5.03. The van der Waals surface area contributed by atoms with Gasteiger partial charge >= 0.3 is 11.6 Å². The fourth-order valence-electron chi connectivity index (χ4n) is 2.75. The summed E-state index contributed by atoms with van der Waals surface area (Å²) in [6.07, 6.45) is 0.133. The van der Waals surface area contributed by atoms with Gasteiger partial charge in [0.2, 0.25) is 5.91 Å². The van der Waals surface area contributed by atoms with E-state index in [9.17, 15) is 14.4 Å². The van der Waals surface area contributed by atoms with Crippen LogP contribution in [0.15, 0.2) is 44.9 Å². The first kappa shape index (κ1) is 20.5. The van der Waals surface area contributed by atoms with Crippen LogP contribution in [0.25, 0.3) is 0 Å². The van der Waals surface area contributed by atoms with E-state index >= 15 is 0 Å². The van der Waals surface area contributed by atoms with Crippen molar-refractivity contribution in [3.63, 3.8) is 0 Å². The van der Waals surface area contributed by atoms with E-state index in [1.165, 1.54) is 17.4 Å². The molecule has 0 aliphatic heterocycles. The molecule has 0 fully saturated rings. The fraction of sp³-hybridized carbons (Fsp3) is 0.238.